The van der Waals surface area contributed by atoms with Crippen molar-refractivity contribution in [2.45, 2.75) is 6.54 Å². The fourth-order valence-corrected chi connectivity index (χ4v) is 1.55. The molecule has 0 saturated heterocycles. The van der Waals surface area contributed by atoms with E-state index < -0.39 is 7.14 Å². The summed E-state index contributed by atoms with van der Waals surface area (Å²) in [4.78, 5) is 0. The molecule has 0 aromatic carbocycles. The molecule has 0 unspecified atom stereocenters. The molecule has 4 heteroatoms. The third-order valence-corrected chi connectivity index (χ3v) is 2.97. The predicted octanol–water partition coefficient (Wildman–Crippen LogP) is 0.764. The van der Waals surface area contributed by atoms with Crippen LogP contribution in [0.25, 0.3) is 0 Å². The Morgan fingerprint density at radius 3 is 2.83 bits per heavy atom. The van der Waals surface area contributed by atoms with Crippen LogP contribution in [0.3, 0.4) is 0 Å². The standard InChI is InChI=1S/C8H11N2OP/c1-4-5-10-7-8(6-9-10)12(2,3)11/h1,6-7H,5H2,2-3H3. The lowest BCUT2D eigenvalue weighted by Gasteiger charge is -1.99. The average molecular weight is 182 g/mol. The molecule has 0 atom stereocenters. The Morgan fingerprint density at radius 1 is 1.75 bits per heavy atom. The van der Waals surface area contributed by atoms with Gasteiger partial charge in [0.2, 0.25) is 0 Å². The van der Waals surface area contributed by atoms with E-state index >= 15 is 0 Å². The third kappa shape index (κ3) is 1.99. The van der Waals surface area contributed by atoms with E-state index in [9.17, 15) is 4.57 Å². The Labute approximate surface area is 72.2 Å². The Kier molecular flexibility index (Phi) is 2.40. The van der Waals surface area contributed by atoms with Gasteiger partial charge in [0, 0.05) is 11.5 Å². The minimum Gasteiger partial charge on any atom is -0.319 e. The van der Waals surface area contributed by atoms with E-state index in [1.165, 1.54) is 0 Å². The number of aromatic nitrogens is 2. The zero-order valence-corrected chi connectivity index (χ0v) is 8.08. The monoisotopic (exact) mass is 182 g/mol. The molecule has 1 aromatic heterocycles. The van der Waals surface area contributed by atoms with Crippen LogP contribution in [0.15, 0.2) is 12.4 Å². The first-order valence-corrected chi connectivity index (χ1v) is 6.15. The minimum absolute atomic E-state index is 0.431. The van der Waals surface area contributed by atoms with Crippen molar-refractivity contribution in [1.29, 1.82) is 0 Å². The molecule has 3 nitrogen and oxygen atoms in total. The highest BCUT2D eigenvalue weighted by atomic mass is 31.2. The predicted molar refractivity (Wildman–Crippen MR) is 50.1 cm³/mol. The normalized spacial score (nSPS) is 11.1. The molecule has 1 rings (SSSR count). The fourth-order valence-electron chi connectivity index (χ4n) is 0.811. The van der Waals surface area contributed by atoms with E-state index in [-0.39, 0.29) is 0 Å². The summed E-state index contributed by atoms with van der Waals surface area (Å²) in [5.74, 6) is 2.46. The molecular weight excluding hydrogens is 171 g/mol. The first-order chi connectivity index (χ1) is 5.54. The molecule has 0 N–H and O–H groups in total. The second kappa shape index (κ2) is 3.16. The molecule has 0 aliphatic heterocycles. The lowest BCUT2D eigenvalue weighted by Crippen LogP contribution is -2.00. The van der Waals surface area contributed by atoms with E-state index in [1.807, 2.05) is 0 Å². The van der Waals surface area contributed by atoms with Crippen molar-refractivity contribution < 1.29 is 4.57 Å². The number of nitrogens with zero attached hydrogens (tertiary/aromatic N) is 2. The summed E-state index contributed by atoms with van der Waals surface area (Å²) in [6.07, 6.45) is 8.44. The van der Waals surface area contributed by atoms with E-state index in [4.69, 9.17) is 6.42 Å². The summed E-state index contributed by atoms with van der Waals surface area (Å²) in [6, 6.07) is 0. The van der Waals surface area contributed by atoms with Gasteiger partial charge in [0.25, 0.3) is 0 Å². The van der Waals surface area contributed by atoms with E-state index in [1.54, 1.807) is 30.4 Å². The van der Waals surface area contributed by atoms with E-state index in [2.05, 4.69) is 11.0 Å². The molecule has 1 aromatic rings. The second-order valence-corrected chi connectivity index (χ2v) is 6.17. The first kappa shape index (κ1) is 9.09. The molecule has 0 saturated carbocycles. The van der Waals surface area contributed by atoms with Gasteiger partial charge in [-0.1, -0.05) is 5.92 Å². The maximum atomic E-state index is 11.5. The highest BCUT2D eigenvalue weighted by molar-refractivity contribution is 7.70. The van der Waals surface area contributed by atoms with E-state index in [0.29, 0.717) is 6.54 Å². The van der Waals surface area contributed by atoms with Gasteiger partial charge in [-0.3, -0.25) is 4.68 Å². The molecule has 0 aliphatic carbocycles. The molecule has 0 fully saturated rings. The second-order valence-electron chi connectivity index (χ2n) is 2.95. The van der Waals surface area contributed by atoms with Gasteiger partial charge in [-0.15, -0.1) is 6.42 Å². The highest BCUT2D eigenvalue weighted by Crippen LogP contribution is 2.33. The van der Waals surface area contributed by atoms with E-state index in [0.717, 1.165) is 5.30 Å². The molecule has 0 amide bonds. The SMILES string of the molecule is C#CCn1cc(P(C)(C)=O)cn1. The van der Waals surface area contributed by atoms with Crippen molar-refractivity contribution in [3.63, 3.8) is 0 Å². The summed E-state index contributed by atoms with van der Waals surface area (Å²) in [5, 5.41) is 4.75. The van der Waals surface area contributed by atoms with Crippen LogP contribution in [0.2, 0.25) is 0 Å². The van der Waals surface area contributed by atoms with Gasteiger partial charge in [-0.05, 0) is 13.3 Å². The Bertz CT molecular complexity index is 355. The van der Waals surface area contributed by atoms with Crippen LogP contribution in [0.5, 0.6) is 0 Å². The maximum absolute atomic E-state index is 11.5. The van der Waals surface area contributed by atoms with Crippen LogP contribution in [0.1, 0.15) is 0 Å². The van der Waals surface area contributed by atoms with Gasteiger partial charge in [0.05, 0.1) is 6.20 Å². The third-order valence-electron chi connectivity index (χ3n) is 1.49. The zero-order chi connectivity index (χ0) is 9.19. The molecule has 1 heterocycles. The van der Waals surface area contributed by atoms with Crippen LogP contribution in [0.4, 0.5) is 0 Å². The molecular formula is C8H11N2OP. The lowest BCUT2D eigenvalue weighted by atomic mass is 10.6. The molecule has 0 aliphatic rings. The van der Waals surface area contributed by atoms with Crippen molar-refractivity contribution in [2.75, 3.05) is 13.3 Å². The minimum atomic E-state index is -2.17. The average Bonchev–Trinajstić information content (AvgIpc) is 2.35. The van der Waals surface area contributed by atoms with Crippen molar-refractivity contribution in [2.24, 2.45) is 0 Å². The van der Waals surface area contributed by atoms with Gasteiger partial charge < -0.3 is 4.57 Å². The largest absolute Gasteiger partial charge is 0.319 e. The van der Waals surface area contributed by atoms with Crippen LogP contribution >= 0.6 is 7.14 Å². The highest BCUT2D eigenvalue weighted by Gasteiger charge is 2.12. The Hall–Kier alpha value is -1.00. The summed E-state index contributed by atoms with van der Waals surface area (Å²) in [7, 11) is -2.17. The molecule has 12 heavy (non-hydrogen) atoms. The van der Waals surface area contributed by atoms with Crippen LogP contribution in [-0.2, 0) is 11.1 Å². The van der Waals surface area contributed by atoms with Gasteiger partial charge in [-0.2, -0.15) is 5.10 Å². The molecule has 0 bridgehead atoms. The quantitative estimate of drug-likeness (QED) is 0.500. The first-order valence-electron chi connectivity index (χ1n) is 3.55. The number of terminal acetylenes is 1. The number of rotatable bonds is 2. The van der Waals surface area contributed by atoms with Crippen molar-refractivity contribution >= 4 is 12.4 Å². The van der Waals surface area contributed by atoms with Crippen molar-refractivity contribution in [1.82, 2.24) is 9.78 Å². The topological polar surface area (TPSA) is 34.9 Å². The van der Waals surface area contributed by atoms with Crippen LogP contribution in [0, 0.1) is 12.3 Å². The molecule has 0 radical (unpaired) electrons. The van der Waals surface area contributed by atoms with Gasteiger partial charge in [-0.25, -0.2) is 0 Å². The lowest BCUT2D eigenvalue weighted by molar-refractivity contribution is 0.588. The van der Waals surface area contributed by atoms with Crippen molar-refractivity contribution in [3.8, 4) is 12.3 Å². The fraction of sp³-hybridized carbons (Fsp3) is 0.375. The van der Waals surface area contributed by atoms with Crippen LogP contribution < -0.4 is 5.30 Å². The van der Waals surface area contributed by atoms with Crippen LogP contribution in [-0.4, -0.2) is 23.1 Å². The molecule has 64 valence electrons. The Morgan fingerprint density at radius 2 is 2.42 bits per heavy atom. The smallest absolute Gasteiger partial charge is 0.112 e. The summed E-state index contributed by atoms with van der Waals surface area (Å²) >= 11 is 0. The van der Waals surface area contributed by atoms with Gasteiger partial charge in [0.15, 0.2) is 0 Å². The zero-order valence-electron chi connectivity index (χ0n) is 7.19. The summed E-state index contributed by atoms with van der Waals surface area (Å²) in [6.45, 7) is 3.86. The van der Waals surface area contributed by atoms with Crippen molar-refractivity contribution in [3.05, 3.63) is 12.4 Å². The number of hydrogen-bond acceptors (Lipinski definition) is 2. The maximum Gasteiger partial charge on any atom is 0.112 e. The molecule has 0 spiro atoms. The summed E-state index contributed by atoms with van der Waals surface area (Å²) in [5.41, 5.74) is 0. The summed E-state index contributed by atoms with van der Waals surface area (Å²) < 4.78 is 13.1. The van der Waals surface area contributed by atoms with Gasteiger partial charge in [0.1, 0.15) is 13.7 Å². The van der Waals surface area contributed by atoms with Gasteiger partial charge >= 0.3 is 0 Å². The number of hydrogen-bond donors (Lipinski definition) is 0. The Balaban J connectivity index is 2.94.